The fourth-order valence-corrected chi connectivity index (χ4v) is 3.97. The molecule has 0 spiro atoms. The van der Waals surface area contributed by atoms with Gasteiger partial charge in [0.05, 0.1) is 5.56 Å². The summed E-state index contributed by atoms with van der Waals surface area (Å²) < 4.78 is 0.453. The number of aromatic nitrogens is 3. The Kier molecular flexibility index (Phi) is 5.12. The lowest BCUT2D eigenvalue weighted by molar-refractivity contribution is 0.0683. The van der Waals surface area contributed by atoms with Gasteiger partial charge in [-0.3, -0.25) is 14.6 Å². The SMILES string of the molecule is C.CC1(N)CCN(C(=O)c2csc3c(=O)[nH]c(-c4ccccn4)nc23)CC1. The molecule has 0 radical (unpaired) electrons. The van der Waals surface area contributed by atoms with Crippen molar-refractivity contribution in [1.82, 2.24) is 19.9 Å². The maximum absolute atomic E-state index is 13.0. The third-order valence-electron chi connectivity index (χ3n) is 4.76. The van der Waals surface area contributed by atoms with Crippen LogP contribution < -0.4 is 11.3 Å². The van der Waals surface area contributed by atoms with Gasteiger partial charge in [0, 0.05) is 30.2 Å². The fourth-order valence-electron chi connectivity index (χ4n) is 3.09. The number of rotatable bonds is 2. The summed E-state index contributed by atoms with van der Waals surface area (Å²) in [7, 11) is 0. The number of carbonyl (C=O) groups is 1. The first kappa shape index (κ1) is 19.2. The summed E-state index contributed by atoms with van der Waals surface area (Å²) in [6.45, 7) is 3.23. The first-order valence-electron chi connectivity index (χ1n) is 8.46. The summed E-state index contributed by atoms with van der Waals surface area (Å²) in [6, 6.07) is 5.38. The number of H-pyrrole nitrogens is 1. The number of hydrogen-bond acceptors (Lipinski definition) is 6. The molecular formula is C19H23N5O2S. The van der Waals surface area contributed by atoms with Crippen LogP contribution in [0.1, 0.15) is 37.6 Å². The summed E-state index contributed by atoms with van der Waals surface area (Å²) in [5.41, 5.74) is 7.13. The third-order valence-corrected chi connectivity index (χ3v) is 5.73. The molecule has 1 aliphatic heterocycles. The minimum absolute atomic E-state index is 0. The van der Waals surface area contributed by atoms with Crippen LogP contribution in [-0.4, -0.2) is 44.4 Å². The zero-order valence-corrected chi connectivity index (χ0v) is 15.2. The summed E-state index contributed by atoms with van der Waals surface area (Å²) in [6.07, 6.45) is 3.15. The molecule has 3 N–H and O–H groups in total. The summed E-state index contributed by atoms with van der Waals surface area (Å²) in [5, 5.41) is 1.72. The molecular weight excluding hydrogens is 362 g/mol. The van der Waals surface area contributed by atoms with E-state index in [1.807, 2.05) is 13.0 Å². The molecule has 3 aromatic rings. The van der Waals surface area contributed by atoms with Gasteiger partial charge in [0.15, 0.2) is 5.82 Å². The molecule has 7 nitrogen and oxygen atoms in total. The molecule has 4 heterocycles. The maximum atomic E-state index is 13.0. The van der Waals surface area contributed by atoms with Crippen molar-refractivity contribution in [2.24, 2.45) is 5.73 Å². The second kappa shape index (κ2) is 7.21. The molecule has 142 valence electrons. The lowest BCUT2D eigenvalue weighted by Crippen LogP contribution is -2.49. The highest BCUT2D eigenvalue weighted by molar-refractivity contribution is 7.17. The molecule has 8 heteroatoms. The summed E-state index contributed by atoms with van der Waals surface area (Å²) >= 11 is 1.24. The van der Waals surface area contributed by atoms with Crippen LogP contribution >= 0.6 is 11.3 Å². The number of likely N-dealkylation sites (tertiary alicyclic amines) is 1. The minimum Gasteiger partial charge on any atom is -0.338 e. The molecule has 0 aromatic carbocycles. The van der Waals surface area contributed by atoms with E-state index in [1.165, 1.54) is 11.3 Å². The minimum atomic E-state index is -0.257. The number of fused-ring (bicyclic) bond motifs is 1. The van der Waals surface area contributed by atoms with Crippen LogP contribution in [0.4, 0.5) is 0 Å². The van der Waals surface area contributed by atoms with Gasteiger partial charge in [-0.15, -0.1) is 11.3 Å². The molecule has 0 unspecified atom stereocenters. The molecule has 0 atom stereocenters. The van der Waals surface area contributed by atoms with Gasteiger partial charge in [0.2, 0.25) is 0 Å². The van der Waals surface area contributed by atoms with E-state index in [-0.39, 0.29) is 24.4 Å². The quantitative estimate of drug-likeness (QED) is 0.705. The Morgan fingerprint density at radius 3 is 2.74 bits per heavy atom. The number of nitrogens with two attached hydrogens (primary N) is 1. The van der Waals surface area contributed by atoms with Crippen molar-refractivity contribution < 1.29 is 4.79 Å². The van der Waals surface area contributed by atoms with Crippen molar-refractivity contribution in [2.45, 2.75) is 32.7 Å². The van der Waals surface area contributed by atoms with Gasteiger partial charge < -0.3 is 15.6 Å². The van der Waals surface area contributed by atoms with Gasteiger partial charge in [0.25, 0.3) is 11.5 Å². The third kappa shape index (κ3) is 3.63. The van der Waals surface area contributed by atoms with Gasteiger partial charge in [0.1, 0.15) is 15.9 Å². The highest BCUT2D eigenvalue weighted by atomic mass is 32.1. The van der Waals surface area contributed by atoms with E-state index in [1.54, 1.807) is 28.6 Å². The molecule has 1 saturated heterocycles. The Bertz CT molecular complexity index is 1020. The van der Waals surface area contributed by atoms with Crippen molar-refractivity contribution in [1.29, 1.82) is 0 Å². The molecule has 1 aliphatic rings. The molecule has 1 fully saturated rings. The lowest BCUT2D eigenvalue weighted by Gasteiger charge is -2.36. The molecule has 0 bridgehead atoms. The van der Waals surface area contributed by atoms with Crippen molar-refractivity contribution in [3.05, 3.63) is 45.7 Å². The summed E-state index contributed by atoms with van der Waals surface area (Å²) in [5.74, 6) is 0.264. The number of pyridine rings is 1. The number of hydrogen-bond donors (Lipinski definition) is 2. The van der Waals surface area contributed by atoms with Crippen LogP contribution in [0.5, 0.6) is 0 Å². The van der Waals surface area contributed by atoms with Crippen LogP contribution in [0.2, 0.25) is 0 Å². The van der Waals surface area contributed by atoms with E-state index in [2.05, 4.69) is 15.0 Å². The largest absolute Gasteiger partial charge is 0.338 e. The molecule has 27 heavy (non-hydrogen) atoms. The van der Waals surface area contributed by atoms with Crippen LogP contribution in [0.3, 0.4) is 0 Å². The lowest BCUT2D eigenvalue weighted by atomic mass is 9.91. The monoisotopic (exact) mass is 385 g/mol. The maximum Gasteiger partial charge on any atom is 0.269 e. The van der Waals surface area contributed by atoms with Crippen LogP contribution in [0, 0.1) is 0 Å². The number of aromatic amines is 1. The Morgan fingerprint density at radius 2 is 2.07 bits per heavy atom. The normalized spacial score (nSPS) is 16.1. The van der Waals surface area contributed by atoms with Crippen molar-refractivity contribution in [3.8, 4) is 11.5 Å². The number of amides is 1. The Balaban J connectivity index is 0.00000210. The van der Waals surface area contributed by atoms with E-state index in [0.717, 1.165) is 12.8 Å². The number of nitrogens with one attached hydrogen (secondary N) is 1. The van der Waals surface area contributed by atoms with Crippen LogP contribution in [-0.2, 0) is 0 Å². The van der Waals surface area contributed by atoms with Crippen molar-refractivity contribution in [2.75, 3.05) is 13.1 Å². The van der Waals surface area contributed by atoms with E-state index < -0.39 is 0 Å². The number of piperidine rings is 1. The summed E-state index contributed by atoms with van der Waals surface area (Å²) in [4.78, 5) is 38.7. The van der Waals surface area contributed by atoms with E-state index in [9.17, 15) is 9.59 Å². The average molecular weight is 385 g/mol. The first-order chi connectivity index (χ1) is 12.4. The van der Waals surface area contributed by atoms with Gasteiger partial charge in [-0.2, -0.15) is 0 Å². The fraction of sp³-hybridized carbons (Fsp3) is 0.368. The van der Waals surface area contributed by atoms with E-state index in [4.69, 9.17) is 5.73 Å². The van der Waals surface area contributed by atoms with Gasteiger partial charge in [-0.05, 0) is 31.9 Å². The predicted molar refractivity (Wildman–Crippen MR) is 108 cm³/mol. The van der Waals surface area contributed by atoms with Crippen LogP contribution in [0.25, 0.3) is 21.7 Å². The smallest absolute Gasteiger partial charge is 0.269 e. The van der Waals surface area contributed by atoms with Crippen molar-refractivity contribution in [3.63, 3.8) is 0 Å². The topological polar surface area (TPSA) is 105 Å². The standard InChI is InChI=1S/C18H19N5O2S.CH4/c1-18(19)5-8-23(9-6-18)17(25)11-10-26-14-13(11)21-15(22-16(14)24)12-4-2-3-7-20-12;/h2-4,7,10H,5-6,8-9,19H2,1H3,(H,21,22,24);1H4. The van der Waals surface area contributed by atoms with Gasteiger partial charge in [-0.25, -0.2) is 4.98 Å². The predicted octanol–water partition coefficient (Wildman–Crippen LogP) is 2.64. The Labute approximate surface area is 161 Å². The number of thiophene rings is 1. The van der Waals surface area contributed by atoms with Gasteiger partial charge >= 0.3 is 0 Å². The second-order valence-electron chi connectivity index (χ2n) is 6.90. The van der Waals surface area contributed by atoms with E-state index in [0.29, 0.717) is 40.4 Å². The molecule has 0 saturated carbocycles. The molecule has 4 rings (SSSR count). The van der Waals surface area contributed by atoms with Crippen molar-refractivity contribution >= 4 is 27.5 Å². The Morgan fingerprint density at radius 1 is 1.33 bits per heavy atom. The molecule has 1 amide bonds. The highest BCUT2D eigenvalue weighted by Crippen LogP contribution is 2.26. The van der Waals surface area contributed by atoms with Gasteiger partial charge in [-0.1, -0.05) is 13.5 Å². The van der Waals surface area contributed by atoms with E-state index >= 15 is 0 Å². The molecule has 3 aromatic heterocycles. The molecule has 0 aliphatic carbocycles. The highest BCUT2D eigenvalue weighted by Gasteiger charge is 2.30. The Hall–Kier alpha value is -2.58. The second-order valence-corrected chi connectivity index (χ2v) is 7.78. The van der Waals surface area contributed by atoms with Crippen LogP contribution in [0.15, 0.2) is 34.6 Å². The number of carbonyl (C=O) groups excluding carboxylic acids is 1. The first-order valence-corrected chi connectivity index (χ1v) is 9.34. The zero-order valence-electron chi connectivity index (χ0n) is 14.4. The zero-order chi connectivity index (χ0) is 18.3. The number of nitrogens with zero attached hydrogens (tertiary/aromatic N) is 3. The average Bonchev–Trinajstić information content (AvgIpc) is 3.06.